The number of anilines is 1. The van der Waals surface area contributed by atoms with Gasteiger partial charge in [0.2, 0.25) is 5.91 Å². The van der Waals surface area contributed by atoms with Crippen molar-refractivity contribution >= 4 is 34.3 Å². The summed E-state index contributed by atoms with van der Waals surface area (Å²) in [4.78, 5) is 22.5. The molecule has 5 heteroatoms. The smallest absolute Gasteiger partial charge is 0.243 e. The molecule has 3 rings (SSSR count). The van der Waals surface area contributed by atoms with E-state index in [1.54, 1.807) is 4.90 Å². The number of pyridine rings is 1. The van der Waals surface area contributed by atoms with Gasteiger partial charge in [-0.25, -0.2) is 9.98 Å². The van der Waals surface area contributed by atoms with Gasteiger partial charge in [-0.1, -0.05) is 36.0 Å². The van der Waals surface area contributed by atoms with E-state index in [0.29, 0.717) is 16.7 Å². The van der Waals surface area contributed by atoms with Gasteiger partial charge in [-0.3, -0.25) is 9.69 Å². The first-order valence-electron chi connectivity index (χ1n) is 6.27. The number of carbonyl (C=O) groups is 1. The number of benzene rings is 1. The summed E-state index contributed by atoms with van der Waals surface area (Å²) in [5, 5.41) is 0.680. The summed E-state index contributed by atoms with van der Waals surface area (Å²) in [7, 11) is 0. The van der Waals surface area contributed by atoms with Crippen LogP contribution in [0.15, 0.2) is 53.5 Å². The van der Waals surface area contributed by atoms with Crippen LogP contribution in [-0.4, -0.2) is 21.8 Å². The van der Waals surface area contributed by atoms with Crippen molar-refractivity contribution in [3.63, 3.8) is 0 Å². The van der Waals surface area contributed by atoms with Crippen LogP contribution in [0.4, 0.5) is 11.5 Å². The molecule has 1 fully saturated rings. The van der Waals surface area contributed by atoms with E-state index in [2.05, 4.69) is 9.98 Å². The minimum atomic E-state index is 0.0487. The number of rotatable bonds is 2. The highest BCUT2D eigenvalue weighted by Gasteiger charge is 2.29. The molecule has 1 aliphatic heterocycles. The Kier molecular flexibility index (Phi) is 3.52. The number of aromatic nitrogens is 1. The highest BCUT2D eigenvalue weighted by molar-refractivity contribution is 8.15. The predicted octanol–water partition coefficient (Wildman–Crippen LogP) is 3.16. The quantitative estimate of drug-likeness (QED) is 0.850. The summed E-state index contributed by atoms with van der Waals surface area (Å²) in [6, 6.07) is 15.2. The summed E-state index contributed by atoms with van der Waals surface area (Å²) < 4.78 is 0. The molecule has 0 N–H and O–H groups in total. The van der Waals surface area contributed by atoms with Crippen LogP contribution in [0.5, 0.6) is 0 Å². The molecule has 0 radical (unpaired) electrons. The largest absolute Gasteiger partial charge is 0.273 e. The van der Waals surface area contributed by atoms with E-state index < -0.39 is 0 Å². The molecule has 1 amide bonds. The normalized spacial score (nSPS) is 16.9. The van der Waals surface area contributed by atoms with Gasteiger partial charge >= 0.3 is 0 Å². The molecule has 20 heavy (non-hydrogen) atoms. The molecule has 0 spiro atoms. The van der Waals surface area contributed by atoms with Crippen LogP contribution >= 0.6 is 11.8 Å². The SMILES string of the molecule is Cc1cccc(/N=C2\SCC(=O)N2c2ccccc2)n1. The summed E-state index contributed by atoms with van der Waals surface area (Å²) in [6.45, 7) is 1.92. The molecule has 1 aromatic carbocycles. The Morgan fingerprint density at radius 1 is 1.15 bits per heavy atom. The molecule has 2 heterocycles. The van der Waals surface area contributed by atoms with Crippen LogP contribution in [0.1, 0.15) is 5.69 Å². The number of aliphatic imine (C=N–C) groups is 1. The molecule has 1 aliphatic rings. The van der Waals surface area contributed by atoms with Gasteiger partial charge in [-0.2, -0.15) is 0 Å². The first-order chi connectivity index (χ1) is 9.74. The van der Waals surface area contributed by atoms with E-state index in [9.17, 15) is 4.79 Å². The van der Waals surface area contributed by atoms with Crippen molar-refractivity contribution in [2.75, 3.05) is 10.7 Å². The van der Waals surface area contributed by atoms with Gasteiger partial charge in [0.1, 0.15) is 0 Å². The van der Waals surface area contributed by atoms with E-state index >= 15 is 0 Å². The third-order valence-electron chi connectivity index (χ3n) is 2.86. The number of para-hydroxylation sites is 1. The minimum absolute atomic E-state index is 0.0487. The fraction of sp³-hybridized carbons (Fsp3) is 0.133. The third kappa shape index (κ3) is 2.58. The molecule has 100 valence electrons. The molecule has 0 bridgehead atoms. The first kappa shape index (κ1) is 12.9. The van der Waals surface area contributed by atoms with Crippen LogP contribution in [0, 0.1) is 6.92 Å². The topological polar surface area (TPSA) is 45.6 Å². The predicted molar refractivity (Wildman–Crippen MR) is 82.5 cm³/mol. The van der Waals surface area contributed by atoms with Crippen LogP contribution < -0.4 is 4.90 Å². The van der Waals surface area contributed by atoms with E-state index in [1.165, 1.54) is 11.8 Å². The second-order valence-electron chi connectivity index (χ2n) is 4.38. The molecular weight excluding hydrogens is 270 g/mol. The highest BCUT2D eigenvalue weighted by atomic mass is 32.2. The van der Waals surface area contributed by atoms with E-state index in [1.807, 2.05) is 55.5 Å². The molecule has 0 aliphatic carbocycles. The number of hydrogen-bond acceptors (Lipinski definition) is 4. The molecule has 1 saturated heterocycles. The molecule has 0 unspecified atom stereocenters. The van der Waals surface area contributed by atoms with E-state index in [-0.39, 0.29) is 5.91 Å². The summed E-state index contributed by atoms with van der Waals surface area (Å²) >= 11 is 1.44. The lowest BCUT2D eigenvalue weighted by Gasteiger charge is -2.15. The molecule has 1 aromatic heterocycles. The van der Waals surface area contributed by atoms with E-state index in [0.717, 1.165) is 11.4 Å². The summed E-state index contributed by atoms with van der Waals surface area (Å²) in [5.41, 5.74) is 1.75. The lowest BCUT2D eigenvalue weighted by atomic mass is 10.3. The van der Waals surface area contributed by atoms with Gasteiger partial charge in [0.15, 0.2) is 11.0 Å². The second-order valence-corrected chi connectivity index (χ2v) is 5.33. The van der Waals surface area contributed by atoms with Crippen LogP contribution in [0.3, 0.4) is 0 Å². The Morgan fingerprint density at radius 3 is 2.70 bits per heavy atom. The molecule has 0 atom stereocenters. The van der Waals surface area contributed by atoms with Crippen molar-refractivity contribution in [1.82, 2.24) is 4.98 Å². The maximum absolute atomic E-state index is 12.0. The van der Waals surface area contributed by atoms with Crippen LogP contribution in [0.2, 0.25) is 0 Å². The van der Waals surface area contributed by atoms with Gasteiger partial charge in [0.25, 0.3) is 0 Å². The minimum Gasteiger partial charge on any atom is -0.273 e. The van der Waals surface area contributed by atoms with Crippen molar-refractivity contribution in [3.05, 3.63) is 54.2 Å². The van der Waals surface area contributed by atoms with Crippen molar-refractivity contribution in [2.45, 2.75) is 6.92 Å². The van der Waals surface area contributed by atoms with Crippen molar-refractivity contribution in [2.24, 2.45) is 4.99 Å². The van der Waals surface area contributed by atoms with Crippen LogP contribution in [0.25, 0.3) is 0 Å². The zero-order valence-corrected chi connectivity index (χ0v) is 11.8. The van der Waals surface area contributed by atoms with Gasteiger partial charge in [0.05, 0.1) is 11.4 Å². The van der Waals surface area contributed by atoms with Crippen molar-refractivity contribution in [1.29, 1.82) is 0 Å². The van der Waals surface area contributed by atoms with Crippen molar-refractivity contribution < 1.29 is 4.79 Å². The molecular formula is C15H13N3OS. The van der Waals surface area contributed by atoms with Gasteiger partial charge in [0, 0.05) is 5.69 Å². The number of nitrogens with zero attached hydrogens (tertiary/aromatic N) is 3. The number of amidine groups is 1. The number of aryl methyl sites for hydroxylation is 1. The van der Waals surface area contributed by atoms with Gasteiger partial charge in [-0.05, 0) is 31.2 Å². The van der Waals surface area contributed by atoms with Gasteiger partial charge in [-0.15, -0.1) is 0 Å². The van der Waals surface area contributed by atoms with Crippen LogP contribution in [-0.2, 0) is 4.79 Å². The fourth-order valence-corrected chi connectivity index (χ4v) is 2.84. The first-order valence-corrected chi connectivity index (χ1v) is 7.26. The lowest BCUT2D eigenvalue weighted by Crippen LogP contribution is -2.28. The molecule has 4 nitrogen and oxygen atoms in total. The van der Waals surface area contributed by atoms with Gasteiger partial charge < -0.3 is 0 Å². The van der Waals surface area contributed by atoms with Crippen molar-refractivity contribution in [3.8, 4) is 0 Å². The second kappa shape index (κ2) is 5.46. The summed E-state index contributed by atoms with van der Waals surface area (Å²) in [5.74, 6) is 1.09. The fourth-order valence-electron chi connectivity index (χ4n) is 1.96. The third-order valence-corrected chi connectivity index (χ3v) is 3.79. The molecule has 2 aromatic rings. The number of amides is 1. The Labute approximate surface area is 121 Å². The highest BCUT2D eigenvalue weighted by Crippen LogP contribution is 2.28. The molecule has 0 saturated carbocycles. The lowest BCUT2D eigenvalue weighted by molar-refractivity contribution is -0.115. The van der Waals surface area contributed by atoms with E-state index in [4.69, 9.17) is 0 Å². The Morgan fingerprint density at radius 2 is 1.95 bits per heavy atom. The number of hydrogen-bond donors (Lipinski definition) is 0. The Bertz CT molecular complexity index is 670. The zero-order valence-electron chi connectivity index (χ0n) is 11.0. The average Bonchev–Trinajstić information content (AvgIpc) is 2.81. The Balaban J connectivity index is 1.98. The Hall–Kier alpha value is -2.14. The monoisotopic (exact) mass is 283 g/mol. The summed E-state index contributed by atoms with van der Waals surface area (Å²) in [6.07, 6.45) is 0. The average molecular weight is 283 g/mol. The standard InChI is InChI=1S/C15H13N3OS/c1-11-6-5-9-13(16-11)17-15-18(14(19)10-20-15)12-7-3-2-4-8-12/h2-9H,10H2,1H3/b17-15-. The maximum Gasteiger partial charge on any atom is 0.243 e. The number of carbonyl (C=O) groups excluding carboxylic acids is 1. The maximum atomic E-state index is 12.0. The number of thioether (sulfide) groups is 1. The zero-order chi connectivity index (χ0) is 13.9.